The molecule has 132 valence electrons. The van der Waals surface area contributed by atoms with Gasteiger partial charge in [-0.2, -0.15) is 0 Å². The summed E-state index contributed by atoms with van der Waals surface area (Å²) < 4.78 is 5.63. The van der Waals surface area contributed by atoms with Crippen LogP contribution < -0.4 is 5.32 Å². The molecule has 1 amide bonds. The monoisotopic (exact) mass is 324 g/mol. The highest BCUT2D eigenvalue weighted by Gasteiger charge is 2.38. The summed E-state index contributed by atoms with van der Waals surface area (Å²) in [5.74, 6) is 1.21. The molecule has 3 rings (SSSR count). The first kappa shape index (κ1) is 17.2. The summed E-state index contributed by atoms with van der Waals surface area (Å²) in [6.45, 7) is 4.87. The van der Waals surface area contributed by atoms with E-state index in [-0.39, 0.29) is 24.0 Å². The molecular weight excluding hydrogens is 292 g/mol. The molecule has 3 aliphatic rings. The Hall–Kier alpha value is -0.650. The van der Waals surface area contributed by atoms with Crippen molar-refractivity contribution >= 4 is 5.91 Å². The standard InChI is InChI=1S/C18H32N2O3/c1-13-5-7-14(8-6-13)19-18(22)11-20-9-10-23-12-16(20)15-3-2-4-17(15)21/h13-17,21H,2-12H2,1H3,(H,19,22)/t13?,14?,15-,16+,17+/m0/s1. The van der Waals surface area contributed by atoms with Gasteiger partial charge in [0.15, 0.2) is 0 Å². The quantitative estimate of drug-likeness (QED) is 0.823. The lowest BCUT2D eigenvalue weighted by atomic mass is 9.87. The summed E-state index contributed by atoms with van der Waals surface area (Å²) >= 11 is 0. The highest BCUT2D eigenvalue weighted by molar-refractivity contribution is 5.78. The lowest BCUT2D eigenvalue weighted by Gasteiger charge is -2.40. The Kier molecular flexibility index (Phi) is 5.94. The number of ether oxygens (including phenoxy) is 1. The van der Waals surface area contributed by atoms with Gasteiger partial charge in [0.1, 0.15) is 0 Å². The summed E-state index contributed by atoms with van der Waals surface area (Å²) in [7, 11) is 0. The predicted octanol–water partition coefficient (Wildman–Crippen LogP) is 1.54. The highest BCUT2D eigenvalue weighted by Crippen LogP contribution is 2.32. The fraction of sp³-hybridized carbons (Fsp3) is 0.944. The molecule has 1 heterocycles. The Balaban J connectivity index is 1.51. The number of hydrogen-bond donors (Lipinski definition) is 2. The van der Waals surface area contributed by atoms with Gasteiger partial charge in [-0.25, -0.2) is 0 Å². The second-order valence-electron chi connectivity index (χ2n) is 7.80. The number of nitrogens with zero attached hydrogens (tertiary/aromatic N) is 1. The maximum atomic E-state index is 12.4. The Morgan fingerprint density at radius 2 is 2.00 bits per heavy atom. The zero-order valence-electron chi connectivity index (χ0n) is 14.4. The second kappa shape index (κ2) is 7.95. The van der Waals surface area contributed by atoms with E-state index in [9.17, 15) is 9.90 Å². The number of aliphatic hydroxyl groups excluding tert-OH is 1. The van der Waals surface area contributed by atoms with Crippen LogP contribution in [0.5, 0.6) is 0 Å². The first-order chi connectivity index (χ1) is 11.1. The number of rotatable bonds is 4. The van der Waals surface area contributed by atoms with Gasteiger partial charge >= 0.3 is 0 Å². The molecule has 0 aromatic carbocycles. The molecule has 3 fully saturated rings. The molecule has 3 atom stereocenters. The lowest BCUT2D eigenvalue weighted by molar-refractivity contribution is -0.127. The van der Waals surface area contributed by atoms with Gasteiger partial charge in [-0.05, 0) is 44.4 Å². The molecule has 0 spiro atoms. The van der Waals surface area contributed by atoms with Crippen LogP contribution >= 0.6 is 0 Å². The topological polar surface area (TPSA) is 61.8 Å². The number of nitrogens with one attached hydrogen (secondary N) is 1. The third-order valence-electron chi connectivity index (χ3n) is 6.03. The SMILES string of the molecule is CC1CCC(NC(=O)CN2CCOC[C@@H]2[C@@H]2CCC[C@H]2O)CC1. The molecule has 0 aromatic heterocycles. The first-order valence-electron chi connectivity index (χ1n) is 9.42. The zero-order valence-corrected chi connectivity index (χ0v) is 14.4. The van der Waals surface area contributed by atoms with Gasteiger partial charge in [-0.15, -0.1) is 0 Å². The van der Waals surface area contributed by atoms with Crippen LogP contribution in [0.25, 0.3) is 0 Å². The van der Waals surface area contributed by atoms with Gasteiger partial charge < -0.3 is 15.2 Å². The van der Waals surface area contributed by atoms with Gasteiger partial charge in [0.2, 0.25) is 5.91 Å². The average molecular weight is 324 g/mol. The van der Waals surface area contributed by atoms with Crippen molar-refractivity contribution < 1.29 is 14.6 Å². The summed E-state index contributed by atoms with van der Waals surface area (Å²) in [6, 6.07) is 0.550. The van der Waals surface area contributed by atoms with Gasteiger partial charge in [0.25, 0.3) is 0 Å². The van der Waals surface area contributed by atoms with Crippen LogP contribution in [-0.4, -0.2) is 60.4 Å². The van der Waals surface area contributed by atoms with E-state index in [0.29, 0.717) is 25.8 Å². The number of morpholine rings is 1. The maximum absolute atomic E-state index is 12.4. The number of carbonyl (C=O) groups is 1. The molecule has 2 N–H and O–H groups in total. The average Bonchev–Trinajstić information content (AvgIpc) is 2.96. The third kappa shape index (κ3) is 4.46. The number of aliphatic hydroxyl groups is 1. The van der Waals surface area contributed by atoms with E-state index in [1.165, 1.54) is 12.8 Å². The highest BCUT2D eigenvalue weighted by atomic mass is 16.5. The minimum Gasteiger partial charge on any atom is -0.393 e. The van der Waals surface area contributed by atoms with Crippen molar-refractivity contribution in [3.05, 3.63) is 0 Å². The van der Waals surface area contributed by atoms with Crippen molar-refractivity contribution in [3.8, 4) is 0 Å². The van der Waals surface area contributed by atoms with Crippen LogP contribution in [0.15, 0.2) is 0 Å². The molecule has 0 unspecified atom stereocenters. The Morgan fingerprint density at radius 3 is 2.70 bits per heavy atom. The molecule has 5 heteroatoms. The second-order valence-corrected chi connectivity index (χ2v) is 7.80. The van der Waals surface area contributed by atoms with E-state index in [1.807, 2.05) is 0 Å². The van der Waals surface area contributed by atoms with E-state index in [2.05, 4.69) is 17.1 Å². The molecule has 0 aromatic rings. The molecule has 2 saturated carbocycles. The van der Waals surface area contributed by atoms with Crippen LogP contribution in [0, 0.1) is 11.8 Å². The van der Waals surface area contributed by atoms with Crippen molar-refractivity contribution in [1.29, 1.82) is 0 Å². The molecular formula is C18H32N2O3. The van der Waals surface area contributed by atoms with Gasteiger partial charge in [0.05, 0.1) is 25.9 Å². The Labute approximate surface area is 139 Å². The van der Waals surface area contributed by atoms with E-state index in [0.717, 1.165) is 44.6 Å². The summed E-state index contributed by atoms with van der Waals surface area (Å²) in [5, 5.41) is 13.4. The van der Waals surface area contributed by atoms with Gasteiger partial charge in [-0.3, -0.25) is 9.69 Å². The van der Waals surface area contributed by atoms with Crippen molar-refractivity contribution in [1.82, 2.24) is 10.2 Å². The summed E-state index contributed by atoms with van der Waals surface area (Å²) in [4.78, 5) is 14.7. The normalized spacial score (nSPS) is 39.3. The molecule has 0 radical (unpaired) electrons. The van der Waals surface area contributed by atoms with Crippen LogP contribution in [0.3, 0.4) is 0 Å². The van der Waals surface area contributed by atoms with Crippen molar-refractivity contribution in [2.45, 2.75) is 70.1 Å². The van der Waals surface area contributed by atoms with E-state index >= 15 is 0 Å². The third-order valence-corrected chi connectivity index (χ3v) is 6.03. The Bertz CT molecular complexity index is 396. The largest absolute Gasteiger partial charge is 0.393 e. The molecule has 1 aliphatic heterocycles. The minimum atomic E-state index is -0.230. The summed E-state index contributed by atoms with van der Waals surface area (Å²) in [5.41, 5.74) is 0. The number of hydrogen-bond acceptors (Lipinski definition) is 4. The van der Waals surface area contributed by atoms with E-state index < -0.39 is 0 Å². The fourth-order valence-corrected chi connectivity index (χ4v) is 4.53. The molecule has 2 aliphatic carbocycles. The van der Waals surface area contributed by atoms with Crippen LogP contribution in [0.2, 0.25) is 0 Å². The molecule has 1 saturated heterocycles. The number of amides is 1. The summed E-state index contributed by atoms with van der Waals surface area (Å²) in [6.07, 6.45) is 7.46. The molecule has 23 heavy (non-hydrogen) atoms. The maximum Gasteiger partial charge on any atom is 0.234 e. The van der Waals surface area contributed by atoms with Crippen LogP contribution in [0.4, 0.5) is 0 Å². The first-order valence-corrected chi connectivity index (χ1v) is 9.42. The van der Waals surface area contributed by atoms with Crippen molar-refractivity contribution in [2.75, 3.05) is 26.3 Å². The lowest BCUT2D eigenvalue weighted by Crippen LogP contribution is -2.54. The van der Waals surface area contributed by atoms with Crippen molar-refractivity contribution in [3.63, 3.8) is 0 Å². The van der Waals surface area contributed by atoms with Crippen LogP contribution in [-0.2, 0) is 9.53 Å². The Morgan fingerprint density at radius 1 is 1.22 bits per heavy atom. The fourth-order valence-electron chi connectivity index (χ4n) is 4.53. The van der Waals surface area contributed by atoms with E-state index in [1.54, 1.807) is 0 Å². The number of carbonyl (C=O) groups excluding carboxylic acids is 1. The molecule has 0 bridgehead atoms. The van der Waals surface area contributed by atoms with Gasteiger partial charge in [-0.1, -0.05) is 13.3 Å². The minimum absolute atomic E-state index is 0.143. The van der Waals surface area contributed by atoms with Crippen molar-refractivity contribution in [2.24, 2.45) is 11.8 Å². The molecule has 5 nitrogen and oxygen atoms in total. The van der Waals surface area contributed by atoms with E-state index in [4.69, 9.17) is 4.74 Å². The zero-order chi connectivity index (χ0) is 16.2. The van der Waals surface area contributed by atoms with Crippen LogP contribution in [0.1, 0.15) is 51.9 Å². The predicted molar refractivity (Wildman–Crippen MR) is 89.1 cm³/mol. The smallest absolute Gasteiger partial charge is 0.234 e. The van der Waals surface area contributed by atoms with Gasteiger partial charge in [0, 0.05) is 24.5 Å².